The highest BCUT2D eigenvalue weighted by atomic mass is 32.1. The molecule has 25 heavy (non-hydrogen) atoms. The number of nitrogens with zero attached hydrogens (tertiary/aromatic N) is 3. The van der Waals surface area contributed by atoms with Crippen LogP contribution in [-0.4, -0.2) is 38.5 Å². The summed E-state index contributed by atoms with van der Waals surface area (Å²) in [5.41, 5.74) is -0.796. The number of benzene rings is 1. The lowest BCUT2D eigenvalue weighted by atomic mass is 10.1. The van der Waals surface area contributed by atoms with E-state index < -0.39 is 46.6 Å². The number of carbonyl (C=O) groups is 2. The Hall–Kier alpha value is -2.92. The summed E-state index contributed by atoms with van der Waals surface area (Å²) in [6.45, 7) is -0.628. The molecule has 2 amide bonds. The van der Waals surface area contributed by atoms with Crippen molar-refractivity contribution >= 4 is 28.2 Å². The van der Waals surface area contributed by atoms with Crippen molar-refractivity contribution in [1.82, 2.24) is 9.96 Å². The molecule has 1 saturated heterocycles. The Morgan fingerprint density at radius 2 is 2.00 bits per heavy atom. The summed E-state index contributed by atoms with van der Waals surface area (Å²) in [6, 6.07) is 3.93. The lowest BCUT2D eigenvalue weighted by Gasteiger charge is -2.25. The number of rotatable bonds is 3. The highest BCUT2D eigenvalue weighted by Crippen LogP contribution is 2.36. The number of thiophene rings is 1. The second-order valence-corrected chi connectivity index (χ2v) is 6.01. The summed E-state index contributed by atoms with van der Waals surface area (Å²) in [5, 5.41) is 21.9. The minimum atomic E-state index is -1.41. The monoisotopic (exact) mass is 369 g/mol. The van der Waals surface area contributed by atoms with Crippen LogP contribution in [0.3, 0.4) is 0 Å². The molecule has 0 saturated carbocycles. The first kappa shape index (κ1) is 16.9. The van der Waals surface area contributed by atoms with Crippen LogP contribution in [0.2, 0.25) is 0 Å². The molecule has 1 unspecified atom stereocenters. The van der Waals surface area contributed by atoms with Gasteiger partial charge in [0.1, 0.15) is 23.7 Å². The zero-order valence-corrected chi connectivity index (χ0v) is 13.1. The molecule has 8 nitrogen and oxygen atoms in total. The van der Waals surface area contributed by atoms with Gasteiger partial charge in [-0.1, -0.05) is 17.4 Å². The normalized spacial score (nSPS) is 17.2. The van der Waals surface area contributed by atoms with Crippen LogP contribution < -0.4 is 0 Å². The summed E-state index contributed by atoms with van der Waals surface area (Å²) in [7, 11) is 0. The molecule has 0 bridgehead atoms. The van der Waals surface area contributed by atoms with E-state index in [0.717, 1.165) is 40.5 Å². The quantitative estimate of drug-likeness (QED) is 0.508. The Morgan fingerprint density at radius 1 is 1.36 bits per heavy atom. The SMILES string of the molecule is O=C1CN(C(=O)c2c(F)cccc2F)C(c2csc([N+](=O)[O-])c2)N1O. The van der Waals surface area contributed by atoms with Gasteiger partial charge in [0.2, 0.25) is 0 Å². The molecule has 1 aliphatic heterocycles. The molecule has 1 aliphatic rings. The van der Waals surface area contributed by atoms with Crippen molar-refractivity contribution in [3.63, 3.8) is 0 Å². The van der Waals surface area contributed by atoms with E-state index in [-0.39, 0.29) is 15.6 Å². The van der Waals surface area contributed by atoms with E-state index in [4.69, 9.17) is 0 Å². The van der Waals surface area contributed by atoms with Gasteiger partial charge in [0.15, 0.2) is 6.17 Å². The molecule has 11 heteroatoms. The van der Waals surface area contributed by atoms with Crippen molar-refractivity contribution in [2.75, 3.05) is 6.54 Å². The average Bonchev–Trinajstić information content (AvgIpc) is 3.13. The van der Waals surface area contributed by atoms with Crippen LogP contribution in [0.1, 0.15) is 22.1 Å². The number of amides is 2. The van der Waals surface area contributed by atoms with Crippen LogP contribution in [0, 0.1) is 21.7 Å². The summed E-state index contributed by atoms with van der Waals surface area (Å²) in [6.07, 6.45) is -1.41. The maximum absolute atomic E-state index is 13.9. The number of hydroxylamine groups is 2. The fourth-order valence-corrected chi connectivity index (χ4v) is 3.23. The van der Waals surface area contributed by atoms with E-state index in [1.54, 1.807) is 0 Å². The van der Waals surface area contributed by atoms with E-state index >= 15 is 0 Å². The van der Waals surface area contributed by atoms with Crippen molar-refractivity contribution < 1.29 is 28.5 Å². The van der Waals surface area contributed by atoms with Crippen LogP contribution >= 0.6 is 11.3 Å². The van der Waals surface area contributed by atoms with Gasteiger partial charge in [-0.3, -0.25) is 24.9 Å². The zero-order valence-electron chi connectivity index (χ0n) is 12.3. The van der Waals surface area contributed by atoms with Crippen molar-refractivity contribution in [2.45, 2.75) is 6.17 Å². The van der Waals surface area contributed by atoms with E-state index in [9.17, 15) is 33.7 Å². The van der Waals surface area contributed by atoms with Crippen molar-refractivity contribution in [3.8, 4) is 0 Å². The van der Waals surface area contributed by atoms with Gasteiger partial charge in [0.25, 0.3) is 11.8 Å². The van der Waals surface area contributed by atoms with Crippen LogP contribution in [0.15, 0.2) is 29.6 Å². The smallest absolute Gasteiger partial charge is 0.302 e. The topological polar surface area (TPSA) is 104 Å². The molecule has 0 radical (unpaired) electrons. The van der Waals surface area contributed by atoms with E-state index in [1.807, 2.05) is 0 Å². The predicted molar refractivity (Wildman–Crippen MR) is 79.7 cm³/mol. The number of carbonyl (C=O) groups excluding carboxylic acids is 2. The fraction of sp³-hybridized carbons (Fsp3) is 0.143. The molecule has 1 aromatic heterocycles. The molecule has 1 N–H and O–H groups in total. The van der Waals surface area contributed by atoms with Gasteiger partial charge >= 0.3 is 5.00 Å². The first-order chi connectivity index (χ1) is 11.8. The predicted octanol–water partition coefficient (Wildman–Crippen LogP) is 2.31. The molecule has 3 rings (SSSR count). The molecule has 0 aliphatic carbocycles. The summed E-state index contributed by atoms with van der Waals surface area (Å²) >= 11 is 0.729. The third kappa shape index (κ3) is 2.83. The average molecular weight is 369 g/mol. The Labute approximate surface area is 142 Å². The maximum atomic E-state index is 13.9. The largest absolute Gasteiger partial charge is 0.324 e. The van der Waals surface area contributed by atoms with Gasteiger partial charge in [-0.15, -0.1) is 0 Å². The Balaban J connectivity index is 2.02. The number of hydrogen-bond acceptors (Lipinski definition) is 6. The molecule has 1 fully saturated rings. The van der Waals surface area contributed by atoms with E-state index in [2.05, 4.69) is 0 Å². The second kappa shape index (κ2) is 6.18. The first-order valence-corrected chi connectivity index (χ1v) is 7.68. The van der Waals surface area contributed by atoms with Crippen LogP contribution in [0.4, 0.5) is 13.8 Å². The molecule has 2 heterocycles. The lowest BCUT2D eigenvalue weighted by molar-refractivity contribution is -0.380. The highest BCUT2D eigenvalue weighted by molar-refractivity contribution is 7.13. The molecule has 2 aromatic rings. The zero-order chi connectivity index (χ0) is 18.3. The molecule has 1 atom stereocenters. The van der Waals surface area contributed by atoms with Gasteiger partial charge in [-0.2, -0.15) is 5.06 Å². The minimum Gasteiger partial charge on any atom is -0.302 e. The highest BCUT2D eigenvalue weighted by Gasteiger charge is 2.43. The Morgan fingerprint density at radius 3 is 2.56 bits per heavy atom. The van der Waals surface area contributed by atoms with Crippen molar-refractivity contribution in [3.05, 3.63) is 62.5 Å². The molecular weight excluding hydrogens is 360 g/mol. The summed E-state index contributed by atoms with van der Waals surface area (Å²) < 4.78 is 27.7. The van der Waals surface area contributed by atoms with Crippen molar-refractivity contribution in [1.29, 1.82) is 0 Å². The van der Waals surface area contributed by atoms with Gasteiger partial charge in [0.05, 0.1) is 4.92 Å². The molecule has 130 valence electrons. The van der Waals surface area contributed by atoms with E-state index in [0.29, 0.717) is 0 Å². The summed E-state index contributed by atoms with van der Waals surface area (Å²) in [5.74, 6) is -4.28. The van der Waals surface area contributed by atoms with Gasteiger partial charge in [-0.05, 0) is 12.1 Å². The molecule has 1 aromatic carbocycles. The Bertz CT molecular complexity index is 867. The first-order valence-electron chi connectivity index (χ1n) is 6.80. The van der Waals surface area contributed by atoms with Crippen molar-refractivity contribution in [2.24, 2.45) is 0 Å². The maximum Gasteiger partial charge on any atom is 0.324 e. The van der Waals surface area contributed by atoms with Crippen LogP contribution in [0.25, 0.3) is 0 Å². The third-order valence-electron chi connectivity index (χ3n) is 3.61. The minimum absolute atomic E-state index is 0.0788. The fourth-order valence-electron chi connectivity index (χ4n) is 2.49. The van der Waals surface area contributed by atoms with Crippen LogP contribution in [0.5, 0.6) is 0 Å². The second-order valence-electron chi connectivity index (χ2n) is 5.12. The van der Waals surface area contributed by atoms with Gasteiger partial charge in [-0.25, -0.2) is 8.78 Å². The molecular formula is C14H9F2N3O5S. The summed E-state index contributed by atoms with van der Waals surface area (Å²) in [4.78, 5) is 35.2. The Kier molecular flexibility index (Phi) is 4.18. The lowest BCUT2D eigenvalue weighted by Crippen LogP contribution is -2.35. The third-order valence-corrected chi connectivity index (χ3v) is 4.51. The number of hydrogen-bond donors (Lipinski definition) is 1. The number of nitro groups is 1. The van der Waals surface area contributed by atoms with Gasteiger partial charge in [0, 0.05) is 17.0 Å². The van der Waals surface area contributed by atoms with Gasteiger partial charge < -0.3 is 4.90 Å². The van der Waals surface area contributed by atoms with E-state index in [1.165, 1.54) is 5.38 Å². The molecule has 0 spiro atoms. The standard InChI is InChI=1S/C14H9F2N3O5S/c15-8-2-1-3-9(16)12(8)14(21)17-5-10(20)18(22)13(17)7-4-11(19(23)24)25-6-7/h1-4,6,13,22H,5H2. The van der Waals surface area contributed by atoms with Crippen LogP contribution in [-0.2, 0) is 4.79 Å². The number of halogens is 2.